The molecule has 0 bridgehead atoms. The number of rotatable bonds is 3. The second-order valence-corrected chi connectivity index (χ2v) is 8.84. The molecule has 0 saturated heterocycles. The third kappa shape index (κ3) is 2.64. The van der Waals surface area contributed by atoms with Crippen LogP contribution in [0.4, 0.5) is 5.82 Å². The molecule has 24 heavy (non-hydrogen) atoms. The van der Waals surface area contributed by atoms with Crippen molar-refractivity contribution in [2.75, 3.05) is 11.3 Å². The fourth-order valence-corrected chi connectivity index (χ4v) is 4.26. The number of hydrogen-bond acceptors (Lipinski definition) is 5. The van der Waals surface area contributed by atoms with E-state index < -0.39 is 10.0 Å². The molecular formula is C16H20N4O3S. The van der Waals surface area contributed by atoms with Crippen molar-refractivity contribution < 1.29 is 13.2 Å². The maximum atomic E-state index is 12.7. The van der Waals surface area contributed by atoms with Crippen LogP contribution in [-0.4, -0.2) is 29.8 Å². The quantitative estimate of drug-likeness (QED) is 0.917. The zero-order chi connectivity index (χ0) is 16.9. The smallest absolute Gasteiger partial charge is 0.270 e. The number of aromatic nitrogens is 3. The number of hydrogen-bond donors (Lipinski definition) is 1. The van der Waals surface area contributed by atoms with Gasteiger partial charge in [0.25, 0.3) is 10.0 Å². The Hall–Kier alpha value is -2.09. The van der Waals surface area contributed by atoms with Gasteiger partial charge in [-0.25, -0.2) is 18.1 Å². The van der Waals surface area contributed by atoms with Crippen molar-refractivity contribution >= 4 is 15.8 Å². The normalized spacial score (nSPS) is 18.6. The van der Waals surface area contributed by atoms with Gasteiger partial charge in [-0.1, -0.05) is 19.9 Å². The van der Waals surface area contributed by atoms with Crippen molar-refractivity contribution in [3.05, 3.63) is 29.6 Å². The molecule has 0 aromatic carbocycles. The van der Waals surface area contributed by atoms with Crippen LogP contribution >= 0.6 is 0 Å². The molecule has 128 valence electrons. The van der Waals surface area contributed by atoms with E-state index in [4.69, 9.17) is 4.74 Å². The molecule has 8 heteroatoms. The van der Waals surface area contributed by atoms with Crippen molar-refractivity contribution in [3.63, 3.8) is 0 Å². The van der Waals surface area contributed by atoms with Crippen LogP contribution < -0.4 is 9.46 Å². The van der Waals surface area contributed by atoms with Gasteiger partial charge in [0.15, 0.2) is 4.90 Å². The second kappa shape index (κ2) is 5.20. The lowest BCUT2D eigenvalue weighted by molar-refractivity contribution is 0.0971. The summed E-state index contributed by atoms with van der Waals surface area (Å²) in [4.78, 5) is 4.48. The molecule has 1 aliphatic heterocycles. The highest BCUT2D eigenvalue weighted by atomic mass is 32.2. The van der Waals surface area contributed by atoms with Gasteiger partial charge < -0.3 is 4.74 Å². The average Bonchev–Trinajstić information content (AvgIpc) is 3.11. The summed E-state index contributed by atoms with van der Waals surface area (Å²) < 4.78 is 35.2. The minimum Gasteiger partial charge on any atom is -0.476 e. The highest BCUT2D eigenvalue weighted by molar-refractivity contribution is 7.92. The Morgan fingerprint density at radius 3 is 2.96 bits per heavy atom. The van der Waals surface area contributed by atoms with Crippen LogP contribution in [-0.2, 0) is 29.4 Å². The van der Waals surface area contributed by atoms with Crippen molar-refractivity contribution in [2.24, 2.45) is 5.41 Å². The lowest BCUT2D eigenvalue weighted by Crippen LogP contribution is -2.33. The van der Waals surface area contributed by atoms with E-state index in [0.29, 0.717) is 24.8 Å². The van der Waals surface area contributed by atoms with E-state index >= 15 is 0 Å². The van der Waals surface area contributed by atoms with Gasteiger partial charge in [0.05, 0.1) is 19.3 Å². The number of aryl methyl sites for hydroxylation is 2. The van der Waals surface area contributed by atoms with Crippen LogP contribution in [0.3, 0.4) is 0 Å². The van der Waals surface area contributed by atoms with Gasteiger partial charge in [0.2, 0.25) is 5.88 Å². The molecular weight excluding hydrogens is 328 g/mol. The third-order valence-electron chi connectivity index (χ3n) is 4.39. The number of sulfonamides is 1. The molecule has 4 rings (SSSR count). The van der Waals surface area contributed by atoms with Crippen LogP contribution in [0, 0.1) is 5.41 Å². The number of anilines is 1. The Morgan fingerprint density at radius 2 is 2.12 bits per heavy atom. The molecule has 0 amide bonds. The first-order valence-electron chi connectivity index (χ1n) is 8.04. The first-order chi connectivity index (χ1) is 11.3. The summed E-state index contributed by atoms with van der Waals surface area (Å²) in [5.41, 5.74) is 2.10. The SMILES string of the molecule is CC1(C)COc2c(S(=O)(=O)Nc3ccc4c(n3)CCC4)cnn2C1. The Bertz CT molecular complexity index is 902. The van der Waals surface area contributed by atoms with Crippen molar-refractivity contribution in [2.45, 2.75) is 44.6 Å². The van der Waals surface area contributed by atoms with Crippen LogP contribution in [0.1, 0.15) is 31.5 Å². The minimum absolute atomic E-state index is 0.0558. The van der Waals surface area contributed by atoms with Gasteiger partial charge in [-0.3, -0.25) is 4.72 Å². The van der Waals surface area contributed by atoms with Gasteiger partial charge in [0.1, 0.15) is 5.82 Å². The summed E-state index contributed by atoms with van der Waals surface area (Å²) in [5.74, 6) is 0.634. The Kier molecular flexibility index (Phi) is 3.35. The molecule has 0 unspecified atom stereocenters. The predicted octanol–water partition coefficient (Wildman–Crippen LogP) is 1.99. The maximum absolute atomic E-state index is 12.7. The zero-order valence-electron chi connectivity index (χ0n) is 13.7. The molecule has 0 fully saturated rings. The number of pyridine rings is 1. The molecule has 7 nitrogen and oxygen atoms in total. The highest BCUT2D eigenvalue weighted by Crippen LogP contribution is 2.33. The van der Waals surface area contributed by atoms with Gasteiger partial charge in [0, 0.05) is 11.1 Å². The number of fused-ring (bicyclic) bond motifs is 2. The zero-order valence-corrected chi connectivity index (χ0v) is 14.6. The Labute approximate surface area is 141 Å². The van der Waals surface area contributed by atoms with Gasteiger partial charge in [-0.05, 0) is 30.9 Å². The van der Waals surface area contributed by atoms with Crippen molar-refractivity contribution in [1.29, 1.82) is 0 Å². The van der Waals surface area contributed by atoms with E-state index in [9.17, 15) is 8.42 Å². The van der Waals surface area contributed by atoms with Gasteiger partial charge in [-0.15, -0.1) is 0 Å². The maximum Gasteiger partial charge on any atom is 0.270 e. The molecule has 2 aliphatic rings. The molecule has 3 heterocycles. The standard InChI is InChI=1S/C16H20N4O3S/c1-16(2)9-20-15(23-10-16)13(8-17-20)24(21,22)19-14-7-6-11-4-3-5-12(11)18-14/h6-8H,3-5,9-10H2,1-2H3,(H,18,19). The molecule has 0 atom stereocenters. The fraction of sp³-hybridized carbons (Fsp3) is 0.500. The first kappa shape index (κ1) is 15.4. The molecule has 1 aliphatic carbocycles. The summed E-state index contributed by atoms with van der Waals surface area (Å²) in [7, 11) is -3.79. The monoisotopic (exact) mass is 348 g/mol. The molecule has 1 N–H and O–H groups in total. The summed E-state index contributed by atoms with van der Waals surface area (Å²) >= 11 is 0. The predicted molar refractivity (Wildman–Crippen MR) is 88.6 cm³/mol. The van der Waals surface area contributed by atoms with E-state index in [2.05, 4.69) is 28.7 Å². The molecule has 0 radical (unpaired) electrons. The minimum atomic E-state index is -3.79. The Balaban J connectivity index is 1.63. The van der Waals surface area contributed by atoms with Crippen molar-refractivity contribution in [1.82, 2.24) is 14.8 Å². The summed E-state index contributed by atoms with van der Waals surface area (Å²) in [6.07, 6.45) is 4.31. The third-order valence-corrected chi connectivity index (χ3v) is 5.73. The highest BCUT2D eigenvalue weighted by Gasteiger charge is 2.33. The van der Waals surface area contributed by atoms with E-state index in [-0.39, 0.29) is 10.3 Å². The van der Waals surface area contributed by atoms with E-state index in [1.807, 2.05) is 6.07 Å². The Morgan fingerprint density at radius 1 is 1.29 bits per heavy atom. The number of nitrogens with zero attached hydrogens (tertiary/aromatic N) is 3. The van der Waals surface area contributed by atoms with Crippen molar-refractivity contribution in [3.8, 4) is 5.88 Å². The number of nitrogens with one attached hydrogen (secondary N) is 1. The summed E-state index contributed by atoms with van der Waals surface area (Å²) in [6, 6.07) is 3.65. The van der Waals surface area contributed by atoms with Gasteiger partial charge in [-0.2, -0.15) is 5.10 Å². The molecule has 2 aromatic heterocycles. The fourth-order valence-electron chi connectivity index (χ4n) is 3.18. The topological polar surface area (TPSA) is 86.1 Å². The van der Waals surface area contributed by atoms with Crippen LogP contribution in [0.25, 0.3) is 0 Å². The second-order valence-electron chi connectivity index (χ2n) is 7.19. The first-order valence-corrected chi connectivity index (χ1v) is 9.53. The van der Waals surface area contributed by atoms with E-state index in [1.165, 1.54) is 11.8 Å². The lowest BCUT2D eigenvalue weighted by atomic mass is 9.94. The molecule has 2 aromatic rings. The molecule has 0 saturated carbocycles. The summed E-state index contributed by atoms with van der Waals surface area (Å²) in [5, 5.41) is 4.17. The van der Waals surface area contributed by atoms with E-state index in [1.54, 1.807) is 10.7 Å². The average molecular weight is 348 g/mol. The van der Waals surface area contributed by atoms with Crippen LogP contribution in [0.2, 0.25) is 0 Å². The molecule has 0 spiro atoms. The number of ether oxygens (including phenoxy) is 1. The van der Waals surface area contributed by atoms with Gasteiger partial charge >= 0.3 is 0 Å². The van der Waals surface area contributed by atoms with Crippen LogP contribution in [0.15, 0.2) is 23.2 Å². The summed E-state index contributed by atoms with van der Waals surface area (Å²) in [6.45, 7) is 5.18. The van der Waals surface area contributed by atoms with Crippen LogP contribution in [0.5, 0.6) is 5.88 Å². The van der Waals surface area contributed by atoms with E-state index in [0.717, 1.165) is 25.0 Å². The largest absolute Gasteiger partial charge is 0.476 e. The lowest BCUT2D eigenvalue weighted by Gasteiger charge is -2.30.